The van der Waals surface area contributed by atoms with Crippen molar-refractivity contribution in [3.8, 4) is 0 Å². The highest BCUT2D eigenvalue weighted by atomic mass is 15.4. The number of piperazine rings is 1. The second-order valence-electron chi connectivity index (χ2n) is 3.53. The largest absolute Gasteiger partial charge is 0.338 e. The minimum absolute atomic E-state index is 0.658. The maximum atomic E-state index is 4.17. The number of aromatic nitrogens is 4. The molecular formula is C9H12N6. The third-order valence-corrected chi connectivity index (χ3v) is 2.57. The molecule has 1 aliphatic rings. The average molecular weight is 204 g/mol. The summed E-state index contributed by atoms with van der Waals surface area (Å²) in [4.78, 5) is 6.36. The van der Waals surface area contributed by atoms with E-state index in [9.17, 15) is 0 Å². The molecule has 3 rings (SSSR count). The lowest BCUT2D eigenvalue weighted by Gasteiger charge is -2.26. The summed E-state index contributed by atoms with van der Waals surface area (Å²) in [5.74, 6) is 1.55. The normalized spacial score (nSPS) is 17.2. The first-order valence-corrected chi connectivity index (χ1v) is 5.06. The van der Waals surface area contributed by atoms with Gasteiger partial charge in [-0.3, -0.25) is 4.40 Å². The van der Waals surface area contributed by atoms with Crippen LogP contribution in [0.25, 0.3) is 5.78 Å². The molecule has 0 amide bonds. The number of anilines is 1. The molecule has 15 heavy (non-hydrogen) atoms. The van der Waals surface area contributed by atoms with Gasteiger partial charge in [0.15, 0.2) is 0 Å². The number of fused-ring (bicyclic) bond motifs is 1. The molecule has 1 fully saturated rings. The monoisotopic (exact) mass is 204 g/mol. The standard InChI is InChI=1S/C9H12N6/c1-2-11-8-12-13-9(15(8)5-1)14-6-3-10-4-7-14/h1-2,5,10H,3-4,6-7H2. The first kappa shape index (κ1) is 8.60. The van der Waals surface area contributed by atoms with Crippen molar-refractivity contribution in [2.45, 2.75) is 0 Å². The van der Waals surface area contributed by atoms with Gasteiger partial charge in [-0.2, -0.15) is 0 Å². The van der Waals surface area contributed by atoms with E-state index in [1.54, 1.807) is 6.20 Å². The van der Waals surface area contributed by atoms with Crippen LogP contribution in [0.5, 0.6) is 0 Å². The molecule has 2 aromatic heterocycles. The van der Waals surface area contributed by atoms with Gasteiger partial charge in [0.05, 0.1) is 0 Å². The van der Waals surface area contributed by atoms with E-state index < -0.39 is 0 Å². The zero-order chi connectivity index (χ0) is 10.1. The van der Waals surface area contributed by atoms with Gasteiger partial charge >= 0.3 is 0 Å². The van der Waals surface area contributed by atoms with Crippen molar-refractivity contribution in [1.29, 1.82) is 0 Å². The summed E-state index contributed by atoms with van der Waals surface area (Å²) in [6.45, 7) is 3.93. The zero-order valence-corrected chi connectivity index (χ0v) is 8.30. The summed E-state index contributed by atoms with van der Waals surface area (Å²) in [5, 5.41) is 11.5. The smallest absolute Gasteiger partial charge is 0.256 e. The van der Waals surface area contributed by atoms with Crippen molar-refractivity contribution < 1.29 is 0 Å². The highest BCUT2D eigenvalue weighted by Gasteiger charge is 2.15. The van der Waals surface area contributed by atoms with Gasteiger partial charge < -0.3 is 10.2 Å². The van der Waals surface area contributed by atoms with E-state index in [0.717, 1.165) is 32.1 Å². The minimum atomic E-state index is 0.658. The van der Waals surface area contributed by atoms with E-state index in [1.807, 2.05) is 16.7 Å². The lowest BCUT2D eigenvalue weighted by Crippen LogP contribution is -2.44. The number of nitrogens with one attached hydrogen (secondary N) is 1. The third-order valence-electron chi connectivity index (χ3n) is 2.57. The maximum Gasteiger partial charge on any atom is 0.256 e. The molecule has 0 radical (unpaired) electrons. The molecule has 1 N–H and O–H groups in total. The van der Waals surface area contributed by atoms with Crippen LogP contribution >= 0.6 is 0 Å². The molecule has 0 aromatic carbocycles. The Morgan fingerprint density at radius 2 is 2.07 bits per heavy atom. The summed E-state index contributed by atoms with van der Waals surface area (Å²) in [7, 11) is 0. The lowest BCUT2D eigenvalue weighted by molar-refractivity contribution is 0.578. The van der Waals surface area contributed by atoms with Gasteiger partial charge in [0.25, 0.3) is 5.78 Å². The van der Waals surface area contributed by atoms with Gasteiger partial charge in [0.2, 0.25) is 5.95 Å². The number of hydrogen-bond donors (Lipinski definition) is 1. The summed E-state index contributed by atoms with van der Waals surface area (Å²) in [6.07, 6.45) is 3.67. The molecule has 0 aliphatic carbocycles. The van der Waals surface area contributed by atoms with E-state index in [-0.39, 0.29) is 0 Å². The maximum absolute atomic E-state index is 4.17. The van der Waals surface area contributed by atoms with Crippen LogP contribution in [-0.2, 0) is 0 Å². The van der Waals surface area contributed by atoms with Crippen LogP contribution < -0.4 is 10.2 Å². The summed E-state index contributed by atoms with van der Waals surface area (Å²) >= 11 is 0. The van der Waals surface area contributed by atoms with Crippen molar-refractivity contribution in [2.75, 3.05) is 31.1 Å². The first-order chi connectivity index (χ1) is 7.45. The number of rotatable bonds is 1. The SMILES string of the molecule is c1cnc2nnc(N3CCNCC3)n2c1. The first-order valence-electron chi connectivity index (χ1n) is 5.06. The van der Waals surface area contributed by atoms with Crippen molar-refractivity contribution >= 4 is 11.7 Å². The molecule has 0 saturated carbocycles. The lowest BCUT2D eigenvalue weighted by atomic mass is 10.4. The molecule has 0 atom stereocenters. The quantitative estimate of drug-likeness (QED) is 0.680. The molecule has 0 bridgehead atoms. The van der Waals surface area contributed by atoms with Crippen LogP contribution in [0.2, 0.25) is 0 Å². The average Bonchev–Trinajstić information content (AvgIpc) is 2.74. The second kappa shape index (κ2) is 3.47. The Hall–Kier alpha value is -1.69. The second-order valence-corrected chi connectivity index (χ2v) is 3.53. The van der Waals surface area contributed by atoms with Crippen LogP contribution in [-0.4, -0.2) is 45.8 Å². The van der Waals surface area contributed by atoms with Crippen LogP contribution in [0.4, 0.5) is 5.95 Å². The topological polar surface area (TPSA) is 58.4 Å². The van der Waals surface area contributed by atoms with Crippen LogP contribution in [0.15, 0.2) is 18.5 Å². The molecule has 2 aromatic rings. The van der Waals surface area contributed by atoms with E-state index in [1.165, 1.54) is 0 Å². The molecule has 3 heterocycles. The predicted octanol–water partition coefficient (Wildman–Crippen LogP) is -0.466. The Morgan fingerprint density at radius 1 is 1.20 bits per heavy atom. The summed E-state index contributed by atoms with van der Waals surface area (Å²) in [5.41, 5.74) is 0. The zero-order valence-electron chi connectivity index (χ0n) is 8.30. The van der Waals surface area contributed by atoms with Gasteiger partial charge in [0, 0.05) is 38.6 Å². The van der Waals surface area contributed by atoms with Crippen molar-refractivity contribution in [3.63, 3.8) is 0 Å². The van der Waals surface area contributed by atoms with E-state index in [4.69, 9.17) is 0 Å². The minimum Gasteiger partial charge on any atom is -0.338 e. The molecule has 6 nitrogen and oxygen atoms in total. The van der Waals surface area contributed by atoms with Gasteiger partial charge in [0.1, 0.15) is 0 Å². The van der Waals surface area contributed by atoms with Crippen LogP contribution in [0.1, 0.15) is 0 Å². The van der Waals surface area contributed by atoms with Crippen molar-refractivity contribution in [1.82, 2.24) is 24.9 Å². The van der Waals surface area contributed by atoms with E-state index in [0.29, 0.717) is 5.78 Å². The van der Waals surface area contributed by atoms with E-state index >= 15 is 0 Å². The van der Waals surface area contributed by atoms with Crippen LogP contribution in [0, 0.1) is 0 Å². The van der Waals surface area contributed by atoms with Crippen molar-refractivity contribution in [3.05, 3.63) is 18.5 Å². The van der Waals surface area contributed by atoms with Crippen LogP contribution in [0.3, 0.4) is 0 Å². The van der Waals surface area contributed by atoms with Crippen molar-refractivity contribution in [2.24, 2.45) is 0 Å². The van der Waals surface area contributed by atoms with E-state index in [2.05, 4.69) is 25.4 Å². The Kier molecular flexibility index (Phi) is 1.99. The fraction of sp³-hybridized carbons (Fsp3) is 0.444. The molecule has 1 aliphatic heterocycles. The van der Waals surface area contributed by atoms with Gasteiger partial charge in [-0.15, -0.1) is 10.2 Å². The molecule has 6 heteroatoms. The molecular weight excluding hydrogens is 192 g/mol. The Bertz CT molecular complexity index is 458. The molecule has 0 spiro atoms. The predicted molar refractivity (Wildman–Crippen MR) is 55.9 cm³/mol. The Labute approximate surface area is 86.9 Å². The van der Waals surface area contributed by atoms with Gasteiger partial charge in [-0.1, -0.05) is 0 Å². The Morgan fingerprint density at radius 3 is 2.93 bits per heavy atom. The van der Waals surface area contributed by atoms with Gasteiger partial charge in [-0.25, -0.2) is 4.98 Å². The number of nitrogens with zero attached hydrogens (tertiary/aromatic N) is 5. The fourth-order valence-corrected chi connectivity index (χ4v) is 1.81. The highest BCUT2D eigenvalue weighted by Crippen LogP contribution is 2.11. The molecule has 1 saturated heterocycles. The summed E-state index contributed by atoms with van der Waals surface area (Å²) in [6, 6.07) is 1.89. The molecule has 0 unspecified atom stereocenters. The third kappa shape index (κ3) is 1.42. The fourth-order valence-electron chi connectivity index (χ4n) is 1.81. The highest BCUT2D eigenvalue weighted by molar-refractivity contribution is 5.41. The number of hydrogen-bond acceptors (Lipinski definition) is 5. The Balaban J connectivity index is 2.02. The van der Waals surface area contributed by atoms with Gasteiger partial charge in [-0.05, 0) is 6.07 Å². The molecule has 78 valence electrons. The summed E-state index contributed by atoms with van der Waals surface area (Å²) < 4.78 is 1.92.